The van der Waals surface area contributed by atoms with Crippen molar-refractivity contribution in [2.45, 2.75) is 43.9 Å². The third-order valence-electron chi connectivity index (χ3n) is 9.90. The number of hydrogen-bond acceptors (Lipinski definition) is 10. The molecule has 1 fully saturated rings. The Morgan fingerprint density at radius 3 is 1.90 bits per heavy atom. The standard InChI is InChI=1S/C42H42N10O6/c1-25(47-39(53)35(50-41(55)57-2)28-11-6-4-7-12-28)37-45-22-31(48-37)27-18-16-26(17-19-27)30-21-44-32(23-43-30)33-24-46-38(49-33)34-15-10-20-52(34)40(54)36(51-42(56)58-3)29-13-8-5-9-14-29/h4-9,11-14,16-19,21-25,34-36H,10,15,20H2,1-3H3,(H,45,48)(H,46,49)(H,47,53)(H,50,55)(H,51,56)/t25-,34-,35+,36+/m0/s1. The van der Waals surface area contributed by atoms with Crippen LogP contribution in [-0.4, -0.2) is 79.6 Å². The van der Waals surface area contributed by atoms with E-state index in [9.17, 15) is 19.2 Å². The maximum absolute atomic E-state index is 13.9. The van der Waals surface area contributed by atoms with Gasteiger partial charge < -0.3 is 40.3 Å². The number of benzene rings is 3. The first-order valence-corrected chi connectivity index (χ1v) is 18.6. The molecule has 58 heavy (non-hydrogen) atoms. The Bertz CT molecular complexity index is 2350. The Labute approximate surface area is 333 Å². The predicted molar refractivity (Wildman–Crippen MR) is 212 cm³/mol. The highest BCUT2D eigenvalue weighted by molar-refractivity contribution is 5.88. The highest BCUT2D eigenvalue weighted by Gasteiger charge is 2.37. The van der Waals surface area contributed by atoms with Crippen LogP contribution in [0.5, 0.6) is 0 Å². The molecule has 4 atom stereocenters. The molecule has 6 aromatic rings. The van der Waals surface area contributed by atoms with Crippen molar-refractivity contribution in [1.29, 1.82) is 0 Å². The molecule has 0 unspecified atom stereocenters. The molecule has 296 valence electrons. The molecule has 3 aromatic heterocycles. The first-order valence-electron chi connectivity index (χ1n) is 18.6. The van der Waals surface area contributed by atoms with Gasteiger partial charge in [-0.1, -0.05) is 84.9 Å². The molecule has 0 spiro atoms. The van der Waals surface area contributed by atoms with Crippen LogP contribution in [0, 0.1) is 0 Å². The molecule has 1 saturated heterocycles. The van der Waals surface area contributed by atoms with E-state index in [0.29, 0.717) is 52.8 Å². The number of hydrogen-bond donors (Lipinski definition) is 5. The van der Waals surface area contributed by atoms with Gasteiger partial charge in [0.2, 0.25) is 5.91 Å². The van der Waals surface area contributed by atoms with E-state index in [1.54, 1.807) is 73.0 Å². The topological polar surface area (TPSA) is 209 Å². The van der Waals surface area contributed by atoms with Gasteiger partial charge in [-0.05, 0) is 36.5 Å². The Morgan fingerprint density at radius 2 is 1.26 bits per heavy atom. The van der Waals surface area contributed by atoms with Crippen LogP contribution in [0.3, 0.4) is 0 Å². The minimum atomic E-state index is -0.954. The minimum Gasteiger partial charge on any atom is -0.453 e. The number of aromatic amines is 2. The summed E-state index contributed by atoms with van der Waals surface area (Å²) in [6, 6.07) is 23.1. The fourth-order valence-electron chi connectivity index (χ4n) is 6.85. The van der Waals surface area contributed by atoms with Crippen molar-refractivity contribution in [3.63, 3.8) is 0 Å². The third-order valence-corrected chi connectivity index (χ3v) is 9.90. The molecule has 0 saturated carbocycles. The van der Waals surface area contributed by atoms with Gasteiger partial charge in [0.15, 0.2) is 0 Å². The number of H-pyrrole nitrogens is 2. The number of likely N-dealkylation sites (tertiary alicyclic amines) is 1. The summed E-state index contributed by atoms with van der Waals surface area (Å²) in [7, 11) is 2.51. The highest BCUT2D eigenvalue weighted by atomic mass is 16.5. The number of alkyl carbamates (subject to hydrolysis) is 2. The predicted octanol–water partition coefficient (Wildman–Crippen LogP) is 5.96. The van der Waals surface area contributed by atoms with Crippen molar-refractivity contribution in [3.8, 4) is 33.9 Å². The number of ether oxygens (including phenoxy) is 2. The van der Waals surface area contributed by atoms with Gasteiger partial charge in [-0.3, -0.25) is 19.6 Å². The first-order chi connectivity index (χ1) is 28.2. The summed E-state index contributed by atoms with van der Waals surface area (Å²) in [6.45, 7) is 2.32. The number of nitrogens with one attached hydrogen (secondary N) is 5. The monoisotopic (exact) mass is 782 g/mol. The lowest BCUT2D eigenvalue weighted by Crippen LogP contribution is -2.42. The van der Waals surface area contributed by atoms with Crippen LogP contribution >= 0.6 is 0 Å². The summed E-state index contributed by atoms with van der Waals surface area (Å²) in [5, 5.41) is 8.19. The zero-order valence-corrected chi connectivity index (χ0v) is 32.0. The van der Waals surface area contributed by atoms with Crippen molar-refractivity contribution >= 4 is 24.0 Å². The van der Waals surface area contributed by atoms with Crippen LogP contribution in [-0.2, 0) is 19.1 Å². The summed E-state index contributed by atoms with van der Waals surface area (Å²) in [4.78, 5) is 78.1. The number of rotatable bonds is 12. The van der Waals surface area contributed by atoms with Crippen LogP contribution in [0.2, 0.25) is 0 Å². The molecule has 16 nitrogen and oxygen atoms in total. The molecule has 0 aliphatic carbocycles. The quantitative estimate of drug-likeness (QED) is 0.0984. The second-order valence-electron chi connectivity index (χ2n) is 13.6. The second-order valence-corrected chi connectivity index (χ2v) is 13.6. The average molecular weight is 783 g/mol. The number of amides is 4. The third kappa shape index (κ3) is 8.70. The minimum absolute atomic E-state index is 0.248. The van der Waals surface area contributed by atoms with Gasteiger partial charge in [-0.15, -0.1) is 0 Å². The SMILES string of the molecule is COC(=O)N[C@@H](C(=O)N[C@@H](C)c1ncc(-c2ccc(-c3cnc(-c4cnc([C@@H]5CCCN5C(=O)[C@H](NC(=O)OC)c5ccccc5)[nH]4)cn3)cc2)[nH]1)c1ccccc1. The van der Waals surface area contributed by atoms with E-state index in [0.717, 1.165) is 23.2 Å². The van der Waals surface area contributed by atoms with Crippen LogP contribution in [0.4, 0.5) is 9.59 Å². The van der Waals surface area contributed by atoms with Crippen LogP contribution in [0.15, 0.2) is 110 Å². The molecule has 0 radical (unpaired) electrons. The van der Waals surface area contributed by atoms with E-state index >= 15 is 0 Å². The summed E-state index contributed by atoms with van der Waals surface area (Å²) in [5.74, 6) is 0.502. The molecule has 5 N–H and O–H groups in total. The lowest BCUT2D eigenvalue weighted by atomic mass is 10.1. The molecule has 4 amide bonds. The fraction of sp³-hybridized carbons (Fsp3) is 0.238. The number of aromatic nitrogens is 6. The van der Waals surface area contributed by atoms with Crippen molar-refractivity contribution < 1.29 is 28.7 Å². The van der Waals surface area contributed by atoms with Crippen LogP contribution in [0.25, 0.3) is 33.9 Å². The van der Waals surface area contributed by atoms with Gasteiger partial charge in [0.25, 0.3) is 5.91 Å². The second kappa shape index (κ2) is 17.6. The van der Waals surface area contributed by atoms with Gasteiger partial charge in [0.05, 0.1) is 68.2 Å². The zero-order valence-electron chi connectivity index (χ0n) is 32.0. The van der Waals surface area contributed by atoms with Gasteiger partial charge in [-0.2, -0.15) is 0 Å². The number of nitrogens with zero attached hydrogens (tertiary/aromatic N) is 5. The first kappa shape index (κ1) is 38.9. The van der Waals surface area contributed by atoms with Crippen molar-refractivity contribution in [2.24, 2.45) is 0 Å². The fourth-order valence-corrected chi connectivity index (χ4v) is 6.85. The molecule has 4 heterocycles. The molecule has 3 aromatic carbocycles. The van der Waals surface area contributed by atoms with E-state index in [4.69, 9.17) is 9.47 Å². The number of methoxy groups -OCH3 is 2. The average Bonchev–Trinajstić information content (AvgIpc) is 4.07. The van der Waals surface area contributed by atoms with Gasteiger partial charge in [0.1, 0.15) is 29.4 Å². The smallest absolute Gasteiger partial charge is 0.407 e. The van der Waals surface area contributed by atoms with E-state index in [2.05, 4.69) is 45.9 Å². The normalized spacial score (nSPS) is 15.2. The molecule has 0 bridgehead atoms. The lowest BCUT2D eigenvalue weighted by Gasteiger charge is -2.28. The molecular weight excluding hydrogens is 741 g/mol. The number of imidazole rings is 2. The number of carbonyl (C=O) groups excluding carboxylic acids is 4. The van der Waals surface area contributed by atoms with Crippen LogP contribution < -0.4 is 16.0 Å². The molecular formula is C42H42N10O6. The molecule has 1 aliphatic heterocycles. The number of carbonyl (C=O) groups is 4. The van der Waals surface area contributed by atoms with Crippen molar-refractivity contribution in [2.75, 3.05) is 20.8 Å². The molecule has 1 aliphatic rings. The van der Waals surface area contributed by atoms with Gasteiger partial charge in [0, 0.05) is 12.1 Å². The molecule has 16 heteroatoms. The van der Waals surface area contributed by atoms with E-state index < -0.39 is 36.2 Å². The summed E-state index contributed by atoms with van der Waals surface area (Å²) in [6.07, 6.45) is 6.82. The summed E-state index contributed by atoms with van der Waals surface area (Å²) < 4.78 is 9.53. The van der Waals surface area contributed by atoms with Crippen molar-refractivity contribution in [3.05, 3.63) is 132 Å². The zero-order chi connectivity index (χ0) is 40.6. The van der Waals surface area contributed by atoms with Crippen molar-refractivity contribution in [1.82, 2.24) is 50.8 Å². The van der Waals surface area contributed by atoms with E-state index in [1.807, 2.05) is 48.5 Å². The molecule has 7 rings (SSSR count). The Balaban J connectivity index is 0.990. The largest absolute Gasteiger partial charge is 0.453 e. The Kier molecular flexibility index (Phi) is 11.8. The highest BCUT2D eigenvalue weighted by Crippen LogP contribution is 2.34. The van der Waals surface area contributed by atoms with Crippen LogP contribution in [0.1, 0.15) is 66.7 Å². The van der Waals surface area contributed by atoms with E-state index in [-0.39, 0.29) is 11.9 Å². The van der Waals surface area contributed by atoms with E-state index in [1.165, 1.54) is 14.2 Å². The Hall–Kier alpha value is -7.36. The van der Waals surface area contributed by atoms with Gasteiger partial charge >= 0.3 is 12.2 Å². The Morgan fingerprint density at radius 1 is 0.672 bits per heavy atom. The maximum Gasteiger partial charge on any atom is 0.407 e. The van der Waals surface area contributed by atoms with Gasteiger partial charge in [-0.25, -0.2) is 19.6 Å². The summed E-state index contributed by atoms with van der Waals surface area (Å²) in [5.41, 5.74) is 5.67. The maximum atomic E-state index is 13.9. The summed E-state index contributed by atoms with van der Waals surface area (Å²) >= 11 is 0. The lowest BCUT2D eigenvalue weighted by molar-refractivity contribution is -0.134.